The third-order valence-corrected chi connectivity index (χ3v) is 6.34. The number of ketones is 1. The molecule has 3 nitrogen and oxygen atoms in total. The van der Waals surface area contributed by atoms with E-state index in [1.165, 1.54) is 0 Å². The molecule has 126 valence electrons. The van der Waals surface area contributed by atoms with Gasteiger partial charge in [-0.05, 0) is 49.4 Å². The van der Waals surface area contributed by atoms with Gasteiger partial charge in [0.05, 0.1) is 12.7 Å². The van der Waals surface area contributed by atoms with Crippen LogP contribution in [0, 0.1) is 22.7 Å². The normalized spacial score (nSPS) is 38.7. The molecule has 0 bridgehead atoms. The van der Waals surface area contributed by atoms with Gasteiger partial charge in [-0.25, -0.2) is 0 Å². The van der Waals surface area contributed by atoms with E-state index in [0.29, 0.717) is 6.42 Å². The Morgan fingerprint density at radius 3 is 2.64 bits per heavy atom. The zero-order valence-corrected chi connectivity index (χ0v) is 14.6. The molecular weight excluding hydrogens is 276 g/mol. The predicted octanol–water partition coefficient (Wildman–Crippen LogP) is 3.49. The molecule has 22 heavy (non-hydrogen) atoms. The number of Topliss-reactive ketones (excluding diaryl/α,β-unsaturated/α-hetero) is 1. The molecule has 0 amide bonds. The number of fused-ring (bicyclic) bond motifs is 1. The Morgan fingerprint density at radius 1 is 1.32 bits per heavy atom. The predicted molar refractivity (Wildman–Crippen MR) is 88.4 cm³/mol. The number of allylic oxidation sites excluding steroid dienone is 1. The molecule has 0 radical (unpaired) electrons. The quantitative estimate of drug-likeness (QED) is 0.782. The summed E-state index contributed by atoms with van der Waals surface area (Å²) in [6, 6.07) is 0. The molecule has 4 atom stereocenters. The molecule has 2 saturated carbocycles. The summed E-state index contributed by atoms with van der Waals surface area (Å²) in [4.78, 5) is 12.6. The largest absolute Gasteiger partial charge is 0.392 e. The molecular formula is C19H32O3. The SMILES string of the molecule is C/C(=C\CO)CC[C@H]1C(=O)C[C@H](O)[C@H]2C(C)(C)CCC[C@]12C. The van der Waals surface area contributed by atoms with Gasteiger partial charge in [0.25, 0.3) is 0 Å². The zero-order valence-electron chi connectivity index (χ0n) is 14.6. The van der Waals surface area contributed by atoms with Crippen LogP contribution in [0.4, 0.5) is 0 Å². The highest BCUT2D eigenvalue weighted by atomic mass is 16.3. The van der Waals surface area contributed by atoms with Crippen molar-refractivity contribution in [3.63, 3.8) is 0 Å². The summed E-state index contributed by atoms with van der Waals surface area (Å²) in [5.74, 6) is 0.488. The fourth-order valence-electron chi connectivity index (χ4n) is 5.43. The average molecular weight is 308 g/mol. The molecule has 0 spiro atoms. The monoisotopic (exact) mass is 308 g/mol. The van der Waals surface area contributed by atoms with Crippen molar-refractivity contribution in [2.75, 3.05) is 6.61 Å². The number of carbonyl (C=O) groups is 1. The maximum absolute atomic E-state index is 12.6. The zero-order chi connectivity index (χ0) is 16.5. The molecule has 2 aliphatic carbocycles. The van der Waals surface area contributed by atoms with Gasteiger partial charge in [0.15, 0.2) is 0 Å². The van der Waals surface area contributed by atoms with Crippen LogP contribution in [0.3, 0.4) is 0 Å². The van der Waals surface area contributed by atoms with E-state index in [1.807, 2.05) is 13.0 Å². The van der Waals surface area contributed by atoms with Gasteiger partial charge in [-0.15, -0.1) is 0 Å². The van der Waals surface area contributed by atoms with Crippen LogP contribution in [-0.4, -0.2) is 28.7 Å². The lowest BCUT2D eigenvalue weighted by atomic mass is 9.47. The van der Waals surface area contributed by atoms with Crippen LogP contribution in [0.2, 0.25) is 0 Å². The minimum Gasteiger partial charge on any atom is -0.392 e. The summed E-state index contributed by atoms with van der Waals surface area (Å²) >= 11 is 0. The molecule has 2 rings (SSSR count). The van der Waals surface area contributed by atoms with E-state index in [-0.39, 0.29) is 35.1 Å². The van der Waals surface area contributed by atoms with Crippen molar-refractivity contribution >= 4 is 5.78 Å². The molecule has 0 aromatic rings. The standard InChI is InChI=1S/C19H32O3/c1-13(8-11-20)6-7-14-15(21)12-16(22)17-18(2,3)9-5-10-19(14,17)4/h8,14,16-17,20,22H,5-7,9-12H2,1-4H3/b13-8+/t14-,16-,17-,19+/m0/s1. The van der Waals surface area contributed by atoms with Crippen LogP contribution in [0.1, 0.15) is 66.2 Å². The Labute approximate surface area is 134 Å². The van der Waals surface area contributed by atoms with E-state index in [9.17, 15) is 9.90 Å². The molecule has 2 N–H and O–H groups in total. The smallest absolute Gasteiger partial charge is 0.139 e. The van der Waals surface area contributed by atoms with Gasteiger partial charge >= 0.3 is 0 Å². The minimum absolute atomic E-state index is 0.0440. The molecule has 0 aliphatic heterocycles. The Kier molecular flexibility index (Phi) is 5.18. The molecule has 3 heteroatoms. The summed E-state index contributed by atoms with van der Waals surface area (Å²) in [5, 5.41) is 19.6. The Bertz CT molecular complexity index is 452. The Balaban J connectivity index is 2.24. The van der Waals surface area contributed by atoms with Gasteiger partial charge in [0.1, 0.15) is 5.78 Å². The number of carbonyl (C=O) groups excluding carboxylic acids is 1. The summed E-state index contributed by atoms with van der Waals surface area (Å²) in [7, 11) is 0. The van der Waals surface area contributed by atoms with Crippen LogP contribution in [0.25, 0.3) is 0 Å². The first kappa shape index (κ1) is 17.7. The van der Waals surface area contributed by atoms with Crippen molar-refractivity contribution in [1.29, 1.82) is 0 Å². The molecule has 0 aromatic heterocycles. The molecule has 0 unspecified atom stereocenters. The van der Waals surface area contributed by atoms with Gasteiger partial charge < -0.3 is 10.2 Å². The fraction of sp³-hybridized carbons (Fsp3) is 0.842. The summed E-state index contributed by atoms with van der Waals surface area (Å²) in [6.45, 7) is 8.82. The molecule has 2 fully saturated rings. The number of aliphatic hydroxyl groups excluding tert-OH is 2. The van der Waals surface area contributed by atoms with E-state index in [1.54, 1.807) is 0 Å². The number of hydrogen-bond donors (Lipinski definition) is 2. The van der Waals surface area contributed by atoms with Crippen molar-refractivity contribution in [1.82, 2.24) is 0 Å². The van der Waals surface area contributed by atoms with E-state index >= 15 is 0 Å². The van der Waals surface area contributed by atoms with E-state index in [4.69, 9.17) is 5.11 Å². The van der Waals surface area contributed by atoms with Crippen molar-refractivity contribution in [2.24, 2.45) is 22.7 Å². The maximum Gasteiger partial charge on any atom is 0.139 e. The van der Waals surface area contributed by atoms with E-state index < -0.39 is 6.10 Å². The molecule has 0 aromatic carbocycles. The van der Waals surface area contributed by atoms with Gasteiger partial charge in [0, 0.05) is 12.3 Å². The van der Waals surface area contributed by atoms with E-state index in [2.05, 4.69) is 20.8 Å². The van der Waals surface area contributed by atoms with E-state index in [0.717, 1.165) is 37.7 Å². The molecule has 0 saturated heterocycles. The summed E-state index contributed by atoms with van der Waals surface area (Å²) < 4.78 is 0. The first-order valence-corrected chi connectivity index (χ1v) is 8.69. The van der Waals surface area contributed by atoms with Crippen LogP contribution >= 0.6 is 0 Å². The number of rotatable bonds is 4. The van der Waals surface area contributed by atoms with Crippen LogP contribution in [0.5, 0.6) is 0 Å². The third kappa shape index (κ3) is 3.16. The Hall–Kier alpha value is -0.670. The average Bonchev–Trinajstić information content (AvgIpc) is 2.36. The lowest BCUT2D eigenvalue weighted by molar-refractivity contribution is -0.163. The van der Waals surface area contributed by atoms with Crippen molar-refractivity contribution < 1.29 is 15.0 Å². The molecule has 2 aliphatic rings. The van der Waals surface area contributed by atoms with Gasteiger partial charge in [-0.1, -0.05) is 38.8 Å². The summed E-state index contributed by atoms with van der Waals surface area (Å²) in [5.41, 5.74) is 1.16. The minimum atomic E-state index is -0.488. The molecule has 0 heterocycles. The highest BCUT2D eigenvalue weighted by Crippen LogP contribution is 2.59. The second kappa shape index (κ2) is 6.45. The highest BCUT2D eigenvalue weighted by molar-refractivity contribution is 5.83. The second-order valence-electron chi connectivity index (χ2n) is 8.39. The Morgan fingerprint density at radius 2 is 2.00 bits per heavy atom. The van der Waals surface area contributed by atoms with Crippen molar-refractivity contribution in [2.45, 2.75) is 72.3 Å². The lowest BCUT2D eigenvalue weighted by Gasteiger charge is -2.58. The van der Waals surface area contributed by atoms with Gasteiger partial charge in [-0.3, -0.25) is 4.79 Å². The first-order valence-electron chi connectivity index (χ1n) is 8.69. The van der Waals surface area contributed by atoms with Crippen molar-refractivity contribution in [3.05, 3.63) is 11.6 Å². The number of aliphatic hydroxyl groups is 2. The van der Waals surface area contributed by atoms with Crippen LogP contribution in [-0.2, 0) is 4.79 Å². The maximum atomic E-state index is 12.6. The topological polar surface area (TPSA) is 57.5 Å². The van der Waals surface area contributed by atoms with Gasteiger partial charge in [-0.2, -0.15) is 0 Å². The van der Waals surface area contributed by atoms with Gasteiger partial charge in [0.2, 0.25) is 0 Å². The second-order valence-corrected chi connectivity index (χ2v) is 8.39. The van der Waals surface area contributed by atoms with Crippen LogP contribution in [0.15, 0.2) is 11.6 Å². The third-order valence-electron chi connectivity index (χ3n) is 6.34. The fourth-order valence-corrected chi connectivity index (χ4v) is 5.43. The van der Waals surface area contributed by atoms with Crippen molar-refractivity contribution in [3.8, 4) is 0 Å². The summed E-state index contributed by atoms with van der Waals surface area (Å²) in [6.07, 6.45) is 6.67. The first-order chi connectivity index (χ1) is 10.2. The lowest BCUT2D eigenvalue weighted by Crippen LogP contribution is -2.57. The highest BCUT2D eigenvalue weighted by Gasteiger charge is 2.57. The number of hydrogen-bond acceptors (Lipinski definition) is 3. The van der Waals surface area contributed by atoms with Crippen LogP contribution < -0.4 is 0 Å².